The summed E-state index contributed by atoms with van der Waals surface area (Å²) >= 11 is 8.40. The molecule has 2 rings (SSSR count). The molecule has 2 aromatic carbocycles. The zero-order valence-corrected chi connectivity index (χ0v) is 15.6. The maximum Gasteiger partial charge on any atom is 0.193 e. The van der Waals surface area contributed by atoms with E-state index in [-0.39, 0.29) is 16.1 Å². The number of halogens is 1. The first kappa shape index (κ1) is 19.4. The zero-order chi connectivity index (χ0) is 18.4. The van der Waals surface area contributed by atoms with E-state index in [1.54, 1.807) is 30.3 Å². The first-order valence-corrected chi connectivity index (χ1v) is 9.58. The van der Waals surface area contributed by atoms with Gasteiger partial charge < -0.3 is 11.5 Å². The summed E-state index contributed by atoms with van der Waals surface area (Å²) in [5.74, 6) is 0.703. The smallest absolute Gasteiger partial charge is 0.193 e. The Bertz CT molecular complexity index is 826. The molecule has 6 N–H and O–H groups in total. The number of hydrogen-bond acceptors (Lipinski definition) is 5. The molecule has 0 aliphatic rings. The topological polar surface area (TPSA) is 117 Å². The predicted octanol–water partition coefficient (Wildman–Crippen LogP) is 3.82. The third kappa shape index (κ3) is 5.52. The van der Waals surface area contributed by atoms with E-state index in [0.29, 0.717) is 27.7 Å². The largest absolute Gasteiger partial charge is 0.379 e. The first-order valence-electron chi connectivity index (χ1n) is 7.23. The molecule has 0 radical (unpaired) electrons. The number of nitrogens with one attached hydrogen (secondary N) is 2. The Kier molecular flexibility index (Phi) is 6.92. The molecule has 0 atom stereocenters. The lowest BCUT2D eigenvalue weighted by atomic mass is 9.96. The summed E-state index contributed by atoms with van der Waals surface area (Å²) in [6, 6.07) is 12.4. The summed E-state index contributed by atoms with van der Waals surface area (Å²) in [6.45, 7) is 0. The number of benzene rings is 2. The summed E-state index contributed by atoms with van der Waals surface area (Å²) in [5.41, 5.74) is 13.4. The average Bonchev–Trinajstić information content (AvgIpc) is 2.58. The van der Waals surface area contributed by atoms with Gasteiger partial charge in [-0.05, 0) is 23.3 Å². The summed E-state index contributed by atoms with van der Waals surface area (Å²) in [5, 5.41) is 15.2. The van der Waals surface area contributed by atoms with Crippen molar-refractivity contribution in [1.82, 2.24) is 0 Å². The molecule has 0 saturated carbocycles. The molecule has 0 fully saturated rings. The molecule has 0 unspecified atom stereocenters. The maximum absolute atomic E-state index is 13.1. The molecular formula is C17H17ClN4OS2. The van der Waals surface area contributed by atoms with Gasteiger partial charge in [0.25, 0.3) is 0 Å². The summed E-state index contributed by atoms with van der Waals surface area (Å²) in [6.07, 6.45) is 0. The first-order chi connectivity index (χ1) is 11.9. The van der Waals surface area contributed by atoms with Crippen molar-refractivity contribution in [3.8, 4) is 0 Å². The monoisotopic (exact) mass is 392 g/mol. The van der Waals surface area contributed by atoms with Gasteiger partial charge in [-0.1, -0.05) is 65.5 Å². The Hall–Kier alpha value is -1.96. The molecule has 0 bridgehead atoms. The quantitative estimate of drug-likeness (QED) is 0.338. The van der Waals surface area contributed by atoms with Crippen LogP contribution in [0.5, 0.6) is 0 Å². The van der Waals surface area contributed by atoms with E-state index in [2.05, 4.69) is 0 Å². The van der Waals surface area contributed by atoms with E-state index in [9.17, 15) is 4.79 Å². The van der Waals surface area contributed by atoms with E-state index in [1.807, 2.05) is 12.1 Å². The number of carbonyl (C=O) groups excluding carboxylic acids is 1. The highest BCUT2D eigenvalue weighted by atomic mass is 35.5. The molecule has 0 amide bonds. The lowest BCUT2D eigenvalue weighted by Crippen LogP contribution is -2.10. The molecule has 0 spiro atoms. The zero-order valence-electron chi connectivity index (χ0n) is 13.2. The molecular weight excluding hydrogens is 376 g/mol. The number of hydrogen-bond donors (Lipinski definition) is 4. The lowest BCUT2D eigenvalue weighted by Gasteiger charge is -2.12. The Balaban J connectivity index is 2.39. The SMILES string of the molecule is N=C(N)SCc1ccccc1C(=O)c1cc(Cl)ccc1CSC(=N)N. The van der Waals surface area contributed by atoms with Crippen molar-refractivity contribution in [2.24, 2.45) is 11.5 Å². The van der Waals surface area contributed by atoms with Crippen molar-refractivity contribution in [1.29, 1.82) is 10.8 Å². The molecule has 0 saturated heterocycles. The predicted molar refractivity (Wildman–Crippen MR) is 108 cm³/mol. The average molecular weight is 393 g/mol. The maximum atomic E-state index is 13.1. The summed E-state index contributed by atoms with van der Waals surface area (Å²) in [4.78, 5) is 13.1. The van der Waals surface area contributed by atoms with Crippen molar-refractivity contribution in [3.63, 3.8) is 0 Å². The number of ketones is 1. The Morgan fingerprint density at radius 2 is 1.48 bits per heavy atom. The van der Waals surface area contributed by atoms with E-state index >= 15 is 0 Å². The van der Waals surface area contributed by atoms with Crippen LogP contribution in [0.1, 0.15) is 27.0 Å². The van der Waals surface area contributed by atoms with E-state index in [4.69, 9.17) is 33.9 Å². The van der Waals surface area contributed by atoms with Crippen LogP contribution in [0, 0.1) is 10.8 Å². The van der Waals surface area contributed by atoms with Gasteiger partial charge in [-0.15, -0.1) is 0 Å². The van der Waals surface area contributed by atoms with Gasteiger partial charge in [-0.3, -0.25) is 15.6 Å². The van der Waals surface area contributed by atoms with Gasteiger partial charge in [-0.25, -0.2) is 0 Å². The molecule has 25 heavy (non-hydrogen) atoms. The number of rotatable bonds is 6. The van der Waals surface area contributed by atoms with Crippen molar-refractivity contribution in [2.75, 3.05) is 0 Å². The molecule has 8 heteroatoms. The van der Waals surface area contributed by atoms with Crippen LogP contribution in [-0.4, -0.2) is 16.1 Å². The standard InChI is InChI=1S/C17H17ClN4OS2/c18-12-6-5-11(9-25-17(21)22)14(7-12)15(23)13-4-2-1-3-10(13)8-24-16(19)20/h1-7H,8-9H2,(H3,19,20)(H3,21,22). The number of nitrogens with two attached hydrogens (primary N) is 2. The highest BCUT2D eigenvalue weighted by Crippen LogP contribution is 2.26. The normalized spacial score (nSPS) is 10.4. The second-order valence-corrected chi connectivity index (χ2v) is 7.56. The van der Waals surface area contributed by atoms with Gasteiger partial charge in [0.15, 0.2) is 16.1 Å². The Morgan fingerprint density at radius 3 is 2.08 bits per heavy atom. The second-order valence-electron chi connectivity index (χ2n) is 5.09. The Morgan fingerprint density at radius 1 is 0.920 bits per heavy atom. The van der Waals surface area contributed by atoms with Gasteiger partial charge in [0, 0.05) is 27.7 Å². The lowest BCUT2D eigenvalue weighted by molar-refractivity contribution is 0.103. The van der Waals surface area contributed by atoms with Crippen LogP contribution in [-0.2, 0) is 11.5 Å². The number of amidine groups is 2. The van der Waals surface area contributed by atoms with Gasteiger partial charge in [0.1, 0.15) is 0 Å². The van der Waals surface area contributed by atoms with Crippen LogP contribution in [0.4, 0.5) is 0 Å². The van der Waals surface area contributed by atoms with Crippen molar-refractivity contribution >= 4 is 51.2 Å². The molecule has 5 nitrogen and oxygen atoms in total. The second kappa shape index (κ2) is 8.94. The van der Waals surface area contributed by atoms with Crippen LogP contribution in [0.2, 0.25) is 5.02 Å². The molecule has 0 aromatic heterocycles. The van der Waals surface area contributed by atoms with Gasteiger partial charge in [-0.2, -0.15) is 0 Å². The van der Waals surface area contributed by atoms with Crippen LogP contribution >= 0.6 is 35.1 Å². The third-order valence-corrected chi connectivity index (χ3v) is 5.11. The molecule has 130 valence electrons. The molecule has 0 aliphatic heterocycles. The minimum Gasteiger partial charge on any atom is -0.379 e. The van der Waals surface area contributed by atoms with E-state index < -0.39 is 0 Å². The highest BCUT2D eigenvalue weighted by molar-refractivity contribution is 8.13. The van der Waals surface area contributed by atoms with Crippen molar-refractivity contribution in [3.05, 3.63) is 69.7 Å². The molecule has 0 aliphatic carbocycles. The van der Waals surface area contributed by atoms with E-state index in [1.165, 1.54) is 11.8 Å². The van der Waals surface area contributed by atoms with Crippen LogP contribution in [0.3, 0.4) is 0 Å². The fourth-order valence-corrected chi connectivity index (χ4v) is 3.51. The minimum atomic E-state index is -0.151. The highest BCUT2D eigenvalue weighted by Gasteiger charge is 2.18. The van der Waals surface area contributed by atoms with Gasteiger partial charge >= 0.3 is 0 Å². The minimum absolute atomic E-state index is 0.00329. The van der Waals surface area contributed by atoms with E-state index in [0.717, 1.165) is 22.9 Å². The van der Waals surface area contributed by atoms with Crippen LogP contribution in [0.25, 0.3) is 0 Å². The fraction of sp³-hybridized carbons (Fsp3) is 0.118. The summed E-state index contributed by atoms with van der Waals surface area (Å²) in [7, 11) is 0. The van der Waals surface area contributed by atoms with Gasteiger partial charge in [0.05, 0.1) is 0 Å². The molecule has 0 heterocycles. The summed E-state index contributed by atoms with van der Waals surface area (Å²) < 4.78 is 0. The third-order valence-electron chi connectivity index (χ3n) is 3.34. The number of carbonyl (C=O) groups is 1. The van der Waals surface area contributed by atoms with Crippen LogP contribution in [0.15, 0.2) is 42.5 Å². The fourth-order valence-electron chi connectivity index (χ4n) is 2.21. The van der Waals surface area contributed by atoms with Crippen molar-refractivity contribution in [2.45, 2.75) is 11.5 Å². The molecule has 2 aromatic rings. The Labute approximate surface area is 159 Å². The van der Waals surface area contributed by atoms with Crippen molar-refractivity contribution < 1.29 is 4.79 Å². The number of thioether (sulfide) groups is 2. The van der Waals surface area contributed by atoms with Crippen LogP contribution < -0.4 is 11.5 Å². The van der Waals surface area contributed by atoms with Gasteiger partial charge in [0.2, 0.25) is 0 Å².